The Kier molecular flexibility index (Phi) is 7.94. The maximum Gasteiger partial charge on any atom is 0.119 e. The van der Waals surface area contributed by atoms with E-state index in [9.17, 15) is 0 Å². The summed E-state index contributed by atoms with van der Waals surface area (Å²) in [5.41, 5.74) is 3.44. The maximum atomic E-state index is 6.08. The lowest BCUT2D eigenvalue weighted by molar-refractivity contribution is 0.229. The lowest BCUT2D eigenvalue weighted by Crippen LogP contribution is -2.31. The molecule has 0 N–H and O–H groups in total. The molecule has 3 aromatic carbocycles. The predicted molar refractivity (Wildman–Crippen MR) is 145 cm³/mol. The monoisotopic (exact) mass is 485 g/mol. The summed E-state index contributed by atoms with van der Waals surface area (Å²) in [6.07, 6.45) is 4.09. The van der Waals surface area contributed by atoms with Crippen LogP contribution >= 0.6 is 11.6 Å². The number of hydrogen-bond acceptors (Lipinski definition) is 4. The van der Waals surface area contributed by atoms with Gasteiger partial charge in [0.25, 0.3) is 0 Å². The van der Waals surface area contributed by atoms with Crippen molar-refractivity contribution in [1.82, 2.24) is 14.8 Å². The first-order valence-electron chi connectivity index (χ1n) is 12.5. The minimum atomic E-state index is 0.749. The van der Waals surface area contributed by atoms with Gasteiger partial charge in [-0.25, -0.2) is 0 Å². The summed E-state index contributed by atoms with van der Waals surface area (Å²) in [5.74, 6) is 0.957. The van der Waals surface area contributed by atoms with Crippen molar-refractivity contribution in [2.24, 2.45) is 0 Å². The minimum Gasteiger partial charge on any atom is -0.494 e. The summed E-state index contributed by atoms with van der Waals surface area (Å²) in [6, 6.07) is 27.0. The van der Waals surface area contributed by atoms with Crippen molar-refractivity contribution >= 4 is 22.4 Å². The topological polar surface area (TPSA) is 28.6 Å². The van der Waals surface area contributed by atoms with Crippen molar-refractivity contribution in [2.75, 3.05) is 39.3 Å². The van der Waals surface area contributed by atoms with Crippen LogP contribution in [0.3, 0.4) is 0 Å². The molecule has 1 aliphatic rings. The van der Waals surface area contributed by atoms with Crippen molar-refractivity contribution in [3.8, 4) is 17.0 Å². The van der Waals surface area contributed by atoms with Gasteiger partial charge in [-0.2, -0.15) is 0 Å². The van der Waals surface area contributed by atoms with Gasteiger partial charge in [0.2, 0.25) is 0 Å². The van der Waals surface area contributed by atoms with Crippen LogP contribution in [0.4, 0.5) is 0 Å². The summed E-state index contributed by atoms with van der Waals surface area (Å²) < 4.78 is 6.05. The lowest BCUT2D eigenvalue weighted by Gasteiger charge is -2.22. The molecule has 0 spiro atoms. The number of benzene rings is 3. The molecule has 35 heavy (non-hydrogen) atoms. The van der Waals surface area contributed by atoms with Crippen LogP contribution in [0.2, 0.25) is 5.02 Å². The summed E-state index contributed by atoms with van der Waals surface area (Å²) in [6.45, 7) is 7.16. The summed E-state index contributed by atoms with van der Waals surface area (Å²) in [7, 11) is 0. The number of pyridine rings is 1. The third-order valence-electron chi connectivity index (χ3n) is 6.69. The molecular weight excluding hydrogens is 454 g/mol. The van der Waals surface area contributed by atoms with Crippen LogP contribution in [0.25, 0.3) is 22.0 Å². The number of fused-ring (bicyclic) bond motifs is 1. The van der Waals surface area contributed by atoms with Crippen molar-refractivity contribution in [3.05, 3.63) is 95.6 Å². The normalized spacial score (nSPS) is 15.2. The molecule has 4 nitrogen and oxygen atoms in total. The lowest BCUT2D eigenvalue weighted by atomic mass is 10.1. The van der Waals surface area contributed by atoms with E-state index in [1.165, 1.54) is 22.8 Å². The SMILES string of the molecule is Clc1ccc(-c2ncccc2CN2CCCN(CCCOc3ccc4ccccc4c3)CC2)cc1. The highest BCUT2D eigenvalue weighted by Gasteiger charge is 2.17. The molecule has 0 radical (unpaired) electrons. The fourth-order valence-corrected chi connectivity index (χ4v) is 4.94. The maximum absolute atomic E-state index is 6.08. The van der Waals surface area contributed by atoms with Gasteiger partial charge in [-0.15, -0.1) is 0 Å². The second kappa shape index (κ2) is 11.7. The smallest absolute Gasteiger partial charge is 0.119 e. The Bertz CT molecular complexity index is 1240. The van der Waals surface area contributed by atoms with Gasteiger partial charge in [-0.3, -0.25) is 9.88 Å². The van der Waals surface area contributed by atoms with E-state index in [0.717, 1.165) is 74.3 Å². The van der Waals surface area contributed by atoms with Crippen LogP contribution in [0.5, 0.6) is 5.75 Å². The van der Waals surface area contributed by atoms with E-state index < -0.39 is 0 Å². The largest absolute Gasteiger partial charge is 0.494 e. The highest BCUT2D eigenvalue weighted by atomic mass is 35.5. The molecule has 0 amide bonds. The van der Waals surface area contributed by atoms with Crippen LogP contribution in [-0.4, -0.2) is 54.1 Å². The standard InChI is InChI=1S/C30H32ClN3O/c31-28-12-9-25(10-13-28)30-27(8-3-15-32-30)23-34-17-4-16-33(19-20-34)18-5-21-35-29-14-11-24-6-1-2-7-26(24)22-29/h1-3,6-15,22H,4-5,16-21,23H2. The number of halogens is 1. The van der Waals surface area contributed by atoms with E-state index in [2.05, 4.69) is 75.4 Å². The molecule has 1 saturated heterocycles. The number of aromatic nitrogens is 1. The van der Waals surface area contributed by atoms with Crippen LogP contribution in [0.1, 0.15) is 18.4 Å². The first kappa shape index (κ1) is 23.8. The number of rotatable bonds is 8. The van der Waals surface area contributed by atoms with Gasteiger partial charge < -0.3 is 9.64 Å². The first-order chi connectivity index (χ1) is 17.2. The Labute approximate surface area is 213 Å². The molecule has 5 rings (SSSR count). The fraction of sp³-hybridized carbons (Fsp3) is 0.300. The molecule has 1 fully saturated rings. The predicted octanol–water partition coefficient (Wildman–Crippen LogP) is 6.53. The number of hydrogen-bond donors (Lipinski definition) is 0. The van der Waals surface area contributed by atoms with Crippen molar-refractivity contribution < 1.29 is 4.74 Å². The van der Waals surface area contributed by atoms with E-state index in [0.29, 0.717) is 0 Å². The molecule has 0 aliphatic carbocycles. The quantitative estimate of drug-likeness (QED) is 0.265. The molecule has 2 heterocycles. The molecule has 0 unspecified atom stereocenters. The highest BCUT2D eigenvalue weighted by molar-refractivity contribution is 6.30. The second-order valence-corrected chi connectivity index (χ2v) is 9.64. The van der Waals surface area contributed by atoms with Gasteiger partial charge in [0.05, 0.1) is 12.3 Å². The average molecular weight is 486 g/mol. The van der Waals surface area contributed by atoms with Crippen LogP contribution in [0.15, 0.2) is 85.1 Å². The van der Waals surface area contributed by atoms with E-state index in [4.69, 9.17) is 16.3 Å². The molecular formula is C30H32ClN3O. The van der Waals surface area contributed by atoms with Gasteiger partial charge in [-0.05, 0) is 72.6 Å². The summed E-state index contributed by atoms with van der Waals surface area (Å²) in [5, 5.41) is 3.23. The van der Waals surface area contributed by atoms with Crippen LogP contribution < -0.4 is 4.74 Å². The zero-order valence-electron chi connectivity index (χ0n) is 20.1. The summed E-state index contributed by atoms with van der Waals surface area (Å²) in [4.78, 5) is 9.81. The van der Waals surface area contributed by atoms with Crippen molar-refractivity contribution in [1.29, 1.82) is 0 Å². The fourth-order valence-electron chi connectivity index (χ4n) is 4.82. The Hall–Kier alpha value is -2.92. The van der Waals surface area contributed by atoms with E-state index in [-0.39, 0.29) is 0 Å². The Morgan fingerprint density at radius 2 is 1.60 bits per heavy atom. The molecule has 1 aromatic heterocycles. The Morgan fingerprint density at radius 3 is 2.49 bits per heavy atom. The number of nitrogens with zero attached hydrogens (tertiary/aromatic N) is 3. The third kappa shape index (κ3) is 6.40. The Morgan fingerprint density at radius 1 is 0.800 bits per heavy atom. The molecule has 1 aliphatic heterocycles. The van der Waals surface area contributed by atoms with E-state index >= 15 is 0 Å². The zero-order chi connectivity index (χ0) is 23.9. The van der Waals surface area contributed by atoms with Gasteiger partial charge in [-0.1, -0.05) is 60.1 Å². The molecule has 4 aromatic rings. The second-order valence-electron chi connectivity index (χ2n) is 9.20. The Balaban J connectivity index is 1.10. The minimum absolute atomic E-state index is 0.749. The molecule has 180 valence electrons. The van der Waals surface area contributed by atoms with Gasteiger partial charge in [0, 0.05) is 43.0 Å². The van der Waals surface area contributed by atoms with E-state index in [1.807, 2.05) is 24.4 Å². The van der Waals surface area contributed by atoms with Crippen molar-refractivity contribution in [2.45, 2.75) is 19.4 Å². The number of ether oxygens (including phenoxy) is 1. The highest BCUT2D eigenvalue weighted by Crippen LogP contribution is 2.25. The van der Waals surface area contributed by atoms with Crippen LogP contribution in [0, 0.1) is 0 Å². The average Bonchev–Trinajstić information content (AvgIpc) is 3.12. The van der Waals surface area contributed by atoms with Gasteiger partial charge >= 0.3 is 0 Å². The van der Waals surface area contributed by atoms with Crippen molar-refractivity contribution in [3.63, 3.8) is 0 Å². The molecule has 0 atom stereocenters. The van der Waals surface area contributed by atoms with Gasteiger partial charge in [0.15, 0.2) is 0 Å². The molecule has 5 heteroatoms. The third-order valence-corrected chi connectivity index (χ3v) is 6.94. The summed E-state index contributed by atoms with van der Waals surface area (Å²) >= 11 is 6.08. The first-order valence-corrected chi connectivity index (χ1v) is 12.9. The van der Waals surface area contributed by atoms with Crippen LogP contribution in [-0.2, 0) is 6.54 Å². The molecule has 0 bridgehead atoms. The van der Waals surface area contributed by atoms with Gasteiger partial charge in [0.1, 0.15) is 5.75 Å². The molecule has 0 saturated carbocycles. The zero-order valence-corrected chi connectivity index (χ0v) is 20.8. The van der Waals surface area contributed by atoms with E-state index in [1.54, 1.807) is 0 Å².